The zero-order chi connectivity index (χ0) is 21.4. The Hall–Kier alpha value is -2.12. The molecule has 3 atom stereocenters. The zero-order valence-electron chi connectivity index (χ0n) is 18.0. The number of Topliss-reactive ketones (excluding diaryl/α,β-unsaturated/α-hetero) is 1. The van der Waals surface area contributed by atoms with E-state index in [-0.39, 0.29) is 29.5 Å². The zero-order valence-corrected chi connectivity index (χ0v) is 18.0. The van der Waals surface area contributed by atoms with Crippen molar-refractivity contribution >= 4 is 23.6 Å². The van der Waals surface area contributed by atoms with Gasteiger partial charge in [-0.2, -0.15) is 0 Å². The van der Waals surface area contributed by atoms with Crippen LogP contribution in [0.3, 0.4) is 0 Å². The smallest absolute Gasteiger partial charge is 0.315 e. The molecular weight excluding hydrogens is 372 g/mol. The molecule has 164 valence electrons. The van der Waals surface area contributed by atoms with Crippen LogP contribution >= 0.6 is 0 Å². The number of rotatable bonds is 8. The van der Waals surface area contributed by atoms with Crippen LogP contribution in [0.1, 0.15) is 71.6 Å². The van der Waals surface area contributed by atoms with E-state index in [1.165, 1.54) is 14.0 Å². The van der Waals surface area contributed by atoms with Crippen LogP contribution in [0, 0.1) is 5.92 Å². The highest BCUT2D eigenvalue weighted by Crippen LogP contribution is 2.29. The molecule has 1 heterocycles. The lowest BCUT2D eigenvalue weighted by Gasteiger charge is -2.34. The molecule has 1 aliphatic heterocycles. The molecule has 0 aromatic rings. The maximum absolute atomic E-state index is 13.4. The Morgan fingerprint density at radius 2 is 1.69 bits per heavy atom. The number of hydrogen-bond donors (Lipinski definition) is 3. The van der Waals surface area contributed by atoms with Crippen molar-refractivity contribution in [1.82, 2.24) is 20.9 Å². The number of amides is 4. The largest absolute Gasteiger partial charge is 0.345 e. The first kappa shape index (κ1) is 23.2. The van der Waals surface area contributed by atoms with Crippen molar-refractivity contribution in [2.45, 2.75) is 89.8 Å². The fourth-order valence-electron chi connectivity index (χ4n) is 4.48. The second-order valence-electron chi connectivity index (χ2n) is 8.25. The first-order chi connectivity index (χ1) is 13.9. The molecule has 3 N–H and O–H groups in total. The van der Waals surface area contributed by atoms with Crippen LogP contribution in [-0.4, -0.2) is 60.2 Å². The first-order valence-corrected chi connectivity index (χ1v) is 11.0. The molecule has 8 heteroatoms. The lowest BCUT2D eigenvalue weighted by atomic mass is 9.83. The number of urea groups is 1. The monoisotopic (exact) mass is 408 g/mol. The quantitative estimate of drug-likeness (QED) is 0.568. The van der Waals surface area contributed by atoms with Crippen LogP contribution in [0.2, 0.25) is 0 Å². The van der Waals surface area contributed by atoms with Crippen molar-refractivity contribution in [3.8, 4) is 0 Å². The van der Waals surface area contributed by atoms with Gasteiger partial charge in [0.15, 0.2) is 5.78 Å². The van der Waals surface area contributed by atoms with Crippen LogP contribution in [0.25, 0.3) is 0 Å². The van der Waals surface area contributed by atoms with Crippen molar-refractivity contribution < 1.29 is 19.2 Å². The molecule has 2 rings (SSSR count). The number of nitrogens with zero attached hydrogens (tertiary/aromatic N) is 1. The third-order valence-electron chi connectivity index (χ3n) is 6.12. The Morgan fingerprint density at radius 3 is 2.28 bits per heavy atom. The highest BCUT2D eigenvalue weighted by molar-refractivity contribution is 5.94. The van der Waals surface area contributed by atoms with Gasteiger partial charge >= 0.3 is 6.03 Å². The van der Waals surface area contributed by atoms with E-state index >= 15 is 0 Å². The number of ketones is 1. The minimum Gasteiger partial charge on any atom is -0.345 e. The van der Waals surface area contributed by atoms with Crippen molar-refractivity contribution in [2.75, 3.05) is 13.6 Å². The van der Waals surface area contributed by atoms with Crippen molar-refractivity contribution in [3.05, 3.63) is 0 Å². The third-order valence-corrected chi connectivity index (χ3v) is 6.12. The van der Waals surface area contributed by atoms with Gasteiger partial charge in [0, 0.05) is 13.6 Å². The molecule has 1 saturated heterocycles. The number of carbonyl (C=O) groups is 4. The fraction of sp³-hybridized carbons (Fsp3) is 0.810. The van der Waals surface area contributed by atoms with Crippen molar-refractivity contribution in [2.24, 2.45) is 5.92 Å². The van der Waals surface area contributed by atoms with Gasteiger partial charge in [-0.1, -0.05) is 32.6 Å². The maximum atomic E-state index is 13.4. The van der Waals surface area contributed by atoms with E-state index in [9.17, 15) is 19.2 Å². The first-order valence-electron chi connectivity index (χ1n) is 11.0. The lowest BCUT2D eigenvalue weighted by molar-refractivity contribution is -0.141. The number of nitrogens with one attached hydrogen (secondary N) is 3. The molecule has 2 aliphatic rings. The molecule has 4 amide bonds. The summed E-state index contributed by atoms with van der Waals surface area (Å²) in [6, 6.07) is -2.10. The molecular formula is C21H36N4O4. The third kappa shape index (κ3) is 6.18. The van der Waals surface area contributed by atoms with Gasteiger partial charge in [-0.15, -0.1) is 0 Å². The molecule has 0 radical (unpaired) electrons. The molecule has 0 aromatic heterocycles. The average molecular weight is 409 g/mol. The van der Waals surface area contributed by atoms with Gasteiger partial charge in [-0.25, -0.2) is 4.79 Å². The lowest BCUT2D eigenvalue weighted by Crippen LogP contribution is -2.58. The fourth-order valence-corrected chi connectivity index (χ4v) is 4.48. The number of hydrogen-bond acceptors (Lipinski definition) is 4. The standard InChI is InChI=1S/C21H36N4O4/c1-4-9-16(14(2)26)23-19(27)17-12-8-13-25(17)20(28)18(24-21(29)22-3)15-10-6-5-7-11-15/h15-18H,4-13H2,1-3H3,(H,23,27)(H2,22,24,29). The second-order valence-corrected chi connectivity index (χ2v) is 8.25. The molecule has 29 heavy (non-hydrogen) atoms. The van der Waals surface area contributed by atoms with E-state index in [4.69, 9.17) is 0 Å². The Labute approximate surface area is 173 Å². The predicted octanol–water partition coefficient (Wildman–Crippen LogP) is 1.73. The Bertz CT molecular complexity index is 603. The van der Waals surface area contributed by atoms with E-state index < -0.39 is 18.1 Å². The molecule has 2 fully saturated rings. The van der Waals surface area contributed by atoms with E-state index in [2.05, 4.69) is 16.0 Å². The molecule has 8 nitrogen and oxygen atoms in total. The van der Waals surface area contributed by atoms with Gasteiger partial charge in [0.25, 0.3) is 0 Å². The van der Waals surface area contributed by atoms with Crippen LogP contribution < -0.4 is 16.0 Å². The number of likely N-dealkylation sites (tertiary alicyclic amines) is 1. The van der Waals surface area contributed by atoms with Gasteiger partial charge in [0.05, 0.1) is 6.04 Å². The van der Waals surface area contributed by atoms with Crippen LogP contribution in [0.15, 0.2) is 0 Å². The summed E-state index contributed by atoms with van der Waals surface area (Å²) in [6.45, 7) is 3.94. The van der Waals surface area contributed by atoms with Crippen LogP contribution in [0.5, 0.6) is 0 Å². The van der Waals surface area contributed by atoms with Gasteiger partial charge < -0.3 is 20.9 Å². The summed E-state index contributed by atoms with van der Waals surface area (Å²) in [5.41, 5.74) is 0. The minimum absolute atomic E-state index is 0.0718. The van der Waals surface area contributed by atoms with Gasteiger partial charge in [0.1, 0.15) is 12.1 Å². The normalized spacial score (nSPS) is 21.9. The van der Waals surface area contributed by atoms with Gasteiger partial charge in [-0.3, -0.25) is 14.4 Å². The topological polar surface area (TPSA) is 108 Å². The summed E-state index contributed by atoms with van der Waals surface area (Å²) in [5, 5.41) is 8.19. The van der Waals surface area contributed by atoms with Crippen LogP contribution in [0.4, 0.5) is 4.79 Å². The number of carbonyl (C=O) groups excluding carboxylic acids is 4. The highest BCUT2D eigenvalue weighted by atomic mass is 16.2. The van der Waals surface area contributed by atoms with E-state index in [1.54, 1.807) is 4.90 Å². The highest BCUT2D eigenvalue weighted by Gasteiger charge is 2.41. The Kier molecular flexibility index (Phi) is 8.92. The summed E-state index contributed by atoms with van der Waals surface area (Å²) in [4.78, 5) is 51.7. The van der Waals surface area contributed by atoms with Crippen LogP contribution in [-0.2, 0) is 14.4 Å². The Morgan fingerprint density at radius 1 is 1.00 bits per heavy atom. The second kappa shape index (κ2) is 11.2. The van der Waals surface area contributed by atoms with E-state index in [0.717, 1.165) is 44.9 Å². The van der Waals surface area contributed by atoms with E-state index in [0.29, 0.717) is 19.4 Å². The van der Waals surface area contributed by atoms with Crippen molar-refractivity contribution in [1.29, 1.82) is 0 Å². The summed E-state index contributed by atoms with van der Waals surface area (Å²) in [5.74, 6) is -0.444. The summed E-state index contributed by atoms with van der Waals surface area (Å²) in [6.07, 6.45) is 7.72. The minimum atomic E-state index is -0.622. The molecule has 3 unspecified atom stereocenters. The molecule has 0 bridgehead atoms. The van der Waals surface area contributed by atoms with E-state index in [1.807, 2.05) is 6.92 Å². The molecule has 0 aromatic carbocycles. The summed E-state index contributed by atoms with van der Waals surface area (Å²) >= 11 is 0. The summed E-state index contributed by atoms with van der Waals surface area (Å²) in [7, 11) is 1.53. The Balaban J connectivity index is 2.12. The predicted molar refractivity (Wildman–Crippen MR) is 110 cm³/mol. The molecule has 1 saturated carbocycles. The maximum Gasteiger partial charge on any atom is 0.315 e. The molecule has 1 aliphatic carbocycles. The molecule has 0 spiro atoms. The SMILES string of the molecule is CCCC(NC(=O)C1CCCN1C(=O)C(NC(=O)NC)C1CCCCC1)C(C)=O. The van der Waals surface area contributed by atoms with Crippen molar-refractivity contribution in [3.63, 3.8) is 0 Å². The summed E-state index contributed by atoms with van der Waals surface area (Å²) < 4.78 is 0. The van der Waals surface area contributed by atoms with Gasteiger partial charge in [-0.05, 0) is 44.9 Å². The average Bonchev–Trinajstić information content (AvgIpc) is 3.21. The van der Waals surface area contributed by atoms with Gasteiger partial charge in [0.2, 0.25) is 11.8 Å².